The summed E-state index contributed by atoms with van der Waals surface area (Å²) in [5, 5.41) is 9.94. The monoisotopic (exact) mass is 302 g/mol. The van der Waals surface area contributed by atoms with Gasteiger partial charge in [0.05, 0.1) is 11.7 Å². The molecule has 1 unspecified atom stereocenters. The normalized spacial score (nSPS) is 13.4. The summed E-state index contributed by atoms with van der Waals surface area (Å²) >= 11 is 0. The van der Waals surface area contributed by atoms with Crippen molar-refractivity contribution in [2.75, 3.05) is 0 Å². The molecular weight excluding hydrogens is 288 g/mol. The van der Waals surface area contributed by atoms with Gasteiger partial charge in [-0.05, 0) is 24.6 Å². The molecule has 0 spiro atoms. The minimum Gasteiger partial charge on any atom is -0.388 e. The minimum atomic E-state index is -4.57. The summed E-state index contributed by atoms with van der Waals surface area (Å²) in [6.45, 7) is 0. The summed E-state index contributed by atoms with van der Waals surface area (Å²) < 4.78 is 53.2. The van der Waals surface area contributed by atoms with Gasteiger partial charge in [0.1, 0.15) is 11.6 Å². The van der Waals surface area contributed by atoms with Crippen LogP contribution in [0.3, 0.4) is 0 Å². The molecule has 0 aliphatic rings. The molecule has 1 atom stereocenters. The molecule has 1 N–H and O–H groups in total. The van der Waals surface area contributed by atoms with E-state index in [2.05, 4.69) is 4.98 Å². The quantitative estimate of drug-likeness (QED) is 0.881. The smallest absolute Gasteiger partial charge is 0.388 e. The molecule has 114 valence electrons. The lowest BCUT2D eigenvalue weighted by Gasteiger charge is -2.14. The maximum absolute atomic E-state index is 13.6. The third-order valence-corrected chi connectivity index (χ3v) is 3.24. The van der Waals surface area contributed by atoms with Crippen molar-refractivity contribution >= 4 is 0 Å². The van der Waals surface area contributed by atoms with E-state index in [1.807, 2.05) is 0 Å². The largest absolute Gasteiger partial charge is 0.416 e. The van der Waals surface area contributed by atoms with Gasteiger partial charge in [-0.15, -0.1) is 0 Å². The third kappa shape index (κ3) is 3.60. The first kappa shape index (κ1) is 15.5. The number of aliphatic hydroxyl groups is 1. The highest BCUT2D eigenvalue weighted by Gasteiger charge is 2.31. The zero-order valence-electron chi connectivity index (χ0n) is 11.2. The van der Waals surface area contributed by atoms with Crippen molar-refractivity contribution in [3.8, 4) is 0 Å². The predicted molar refractivity (Wildman–Crippen MR) is 67.9 cm³/mol. The summed E-state index contributed by atoms with van der Waals surface area (Å²) in [5.41, 5.74) is -1.33. The van der Waals surface area contributed by atoms with Crippen LogP contribution in [0.4, 0.5) is 17.6 Å². The van der Waals surface area contributed by atoms with Crippen LogP contribution in [0.15, 0.2) is 30.6 Å². The zero-order chi connectivity index (χ0) is 15.6. The predicted octanol–water partition coefficient (Wildman–Crippen LogP) is 3.24. The van der Waals surface area contributed by atoms with Crippen LogP contribution in [0.5, 0.6) is 0 Å². The average Bonchev–Trinajstić information content (AvgIpc) is 2.80. The van der Waals surface area contributed by atoms with Crippen molar-refractivity contribution in [1.82, 2.24) is 9.55 Å². The Morgan fingerprint density at radius 3 is 2.62 bits per heavy atom. The van der Waals surface area contributed by atoms with Gasteiger partial charge in [-0.2, -0.15) is 13.2 Å². The summed E-state index contributed by atoms with van der Waals surface area (Å²) in [6, 6.07) is 2.03. The molecule has 1 aromatic carbocycles. The molecule has 21 heavy (non-hydrogen) atoms. The number of hydrogen-bond acceptors (Lipinski definition) is 2. The Hall–Kier alpha value is -1.89. The van der Waals surface area contributed by atoms with Gasteiger partial charge >= 0.3 is 6.18 Å². The van der Waals surface area contributed by atoms with Gasteiger partial charge in [0.15, 0.2) is 0 Å². The second kappa shape index (κ2) is 5.85. The Bertz CT molecular complexity index is 622. The Kier molecular flexibility index (Phi) is 4.32. The van der Waals surface area contributed by atoms with E-state index in [1.54, 1.807) is 24.0 Å². The molecule has 7 heteroatoms. The van der Waals surface area contributed by atoms with Gasteiger partial charge in [-0.1, -0.05) is 0 Å². The fourth-order valence-electron chi connectivity index (χ4n) is 2.03. The lowest BCUT2D eigenvalue weighted by molar-refractivity contribution is -0.137. The first-order valence-electron chi connectivity index (χ1n) is 6.30. The number of aliphatic hydroxyl groups excluding tert-OH is 1. The molecule has 2 rings (SSSR count). The van der Waals surface area contributed by atoms with Crippen LogP contribution in [-0.4, -0.2) is 14.7 Å². The Balaban J connectivity index is 2.15. The summed E-state index contributed by atoms with van der Waals surface area (Å²) in [5.74, 6) is -0.184. The van der Waals surface area contributed by atoms with Crippen LogP contribution in [0, 0.1) is 5.82 Å². The summed E-state index contributed by atoms with van der Waals surface area (Å²) in [6.07, 6.45) is -2.17. The molecule has 0 saturated heterocycles. The van der Waals surface area contributed by atoms with Crippen molar-refractivity contribution in [3.63, 3.8) is 0 Å². The van der Waals surface area contributed by atoms with E-state index >= 15 is 0 Å². The van der Waals surface area contributed by atoms with Crippen LogP contribution < -0.4 is 0 Å². The van der Waals surface area contributed by atoms with E-state index in [-0.39, 0.29) is 12.0 Å². The standard InChI is InChI=1S/C14H14F4N2O/c1-20-7-6-19-13(20)5-4-12(21)10-8-9(14(16,17)18)2-3-11(10)15/h2-3,6-8,12,21H,4-5H2,1H3. The maximum atomic E-state index is 13.6. The number of benzene rings is 1. The van der Waals surface area contributed by atoms with Gasteiger partial charge in [0.2, 0.25) is 0 Å². The Labute approximate surface area is 118 Å². The van der Waals surface area contributed by atoms with Crippen molar-refractivity contribution in [3.05, 3.63) is 53.4 Å². The number of imidazole rings is 1. The van der Waals surface area contributed by atoms with E-state index in [4.69, 9.17) is 0 Å². The fourth-order valence-corrected chi connectivity index (χ4v) is 2.03. The lowest BCUT2D eigenvalue weighted by Crippen LogP contribution is -2.10. The number of aromatic nitrogens is 2. The molecule has 0 radical (unpaired) electrons. The molecule has 0 saturated carbocycles. The highest BCUT2D eigenvalue weighted by atomic mass is 19.4. The molecule has 3 nitrogen and oxygen atoms in total. The van der Waals surface area contributed by atoms with Gasteiger partial charge < -0.3 is 9.67 Å². The molecule has 2 aromatic rings. The average molecular weight is 302 g/mol. The SMILES string of the molecule is Cn1ccnc1CCC(O)c1cc(C(F)(F)F)ccc1F. The van der Waals surface area contributed by atoms with Crippen molar-refractivity contribution in [2.45, 2.75) is 25.1 Å². The molecule has 0 bridgehead atoms. The number of alkyl halides is 3. The second-order valence-corrected chi connectivity index (χ2v) is 4.74. The van der Waals surface area contributed by atoms with Gasteiger partial charge in [-0.3, -0.25) is 0 Å². The number of halogens is 4. The molecule has 1 aromatic heterocycles. The molecule has 0 fully saturated rings. The third-order valence-electron chi connectivity index (χ3n) is 3.24. The fraction of sp³-hybridized carbons (Fsp3) is 0.357. The maximum Gasteiger partial charge on any atom is 0.416 e. The second-order valence-electron chi connectivity index (χ2n) is 4.74. The van der Waals surface area contributed by atoms with Crippen molar-refractivity contribution < 1.29 is 22.7 Å². The van der Waals surface area contributed by atoms with Crippen molar-refractivity contribution in [2.24, 2.45) is 7.05 Å². The van der Waals surface area contributed by atoms with Gasteiger partial charge in [-0.25, -0.2) is 9.37 Å². The van der Waals surface area contributed by atoms with Crippen LogP contribution in [-0.2, 0) is 19.6 Å². The molecule has 0 aliphatic heterocycles. The molecule has 0 amide bonds. The Morgan fingerprint density at radius 2 is 2.05 bits per heavy atom. The minimum absolute atomic E-state index is 0.0864. The Morgan fingerprint density at radius 1 is 1.33 bits per heavy atom. The molecule has 1 heterocycles. The number of rotatable bonds is 4. The van der Waals surface area contributed by atoms with Gasteiger partial charge in [0.25, 0.3) is 0 Å². The van der Waals surface area contributed by atoms with E-state index < -0.39 is 23.7 Å². The van der Waals surface area contributed by atoms with E-state index in [0.717, 1.165) is 6.07 Å². The van der Waals surface area contributed by atoms with Crippen LogP contribution in [0.2, 0.25) is 0 Å². The lowest BCUT2D eigenvalue weighted by atomic mass is 10.0. The highest BCUT2D eigenvalue weighted by Crippen LogP contribution is 2.32. The van der Waals surface area contributed by atoms with E-state index in [0.29, 0.717) is 24.4 Å². The van der Waals surface area contributed by atoms with E-state index in [9.17, 15) is 22.7 Å². The van der Waals surface area contributed by atoms with Crippen LogP contribution in [0.25, 0.3) is 0 Å². The van der Waals surface area contributed by atoms with Crippen LogP contribution >= 0.6 is 0 Å². The highest BCUT2D eigenvalue weighted by molar-refractivity contribution is 5.28. The molecule has 0 aliphatic carbocycles. The number of hydrogen-bond donors (Lipinski definition) is 1. The topological polar surface area (TPSA) is 38.0 Å². The summed E-state index contributed by atoms with van der Waals surface area (Å²) in [4.78, 5) is 4.04. The first-order chi connectivity index (χ1) is 9.79. The van der Waals surface area contributed by atoms with E-state index in [1.165, 1.54) is 0 Å². The number of aryl methyl sites for hydroxylation is 2. The zero-order valence-corrected chi connectivity index (χ0v) is 11.2. The molecular formula is C14H14F4N2O. The number of nitrogens with zero attached hydrogens (tertiary/aromatic N) is 2. The van der Waals surface area contributed by atoms with Crippen molar-refractivity contribution in [1.29, 1.82) is 0 Å². The first-order valence-corrected chi connectivity index (χ1v) is 6.30. The summed E-state index contributed by atoms with van der Waals surface area (Å²) in [7, 11) is 1.76. The van der Waals surface area contributed by atoms with Gasteiger partial charge in [0, 0.05) is 31.4 Å². The van der Waals surface area contributed by atoms with Crippen LogP contribution in [0.1, 0.15) is 29.5 Å².